The van der Waals surface area contributed by atoms with Crippen molar-refractivity contribution in [1.29, 1.82) is 0 Å². The third-order valence-electron chi connectivity index (χ3n) is 4.32. The number of hydrogen-bond acceptors (Lipinski definition) is 5. The van der Waals surface area contributed by atoms with Gasteiger partial charge in [0.05, 0.1) is 0 Å². The van der Waals surface area contributed by atoms with Gasteiger partial charge in [-0.3, -0.25) is 9.78 Å². The molecule has 1 fully saturated rings. The third-order valence-corrected chi connectivity index (χ3v) is 4.32. The number of piperidine rings is 1. The van der Waals surface area contributed by atoms with Crippen LogP contribution in [0, 0.1) is 5.92 Å². The Morgan fingerprint density at radius 2 is 2.17 bits per heavy atom. The topological polar surface area (TPSA) is 79.5 Å². The van der Waals surface area contributed by atoms with Crippen LogP contribution in [0.25, 0.3) is 11.3 Å². The van der Waals surface area contributed by atoms with Crippen molar-refractivity contribution in [2.75, 3.05) is 13.1 Å². The monoisotopic (exact) mass is 315 g/mol. The number of aromatic nitrogens is 2. The standard InChI is InChI=1S/C17H21N3O3/c1-11-5-8-20(9-6-11)17(22)14-15(13-4-3-7-18-10-13)19-23-16(14)12(2)21/h3-4,7,10-12,21H,5-6,8-9H2,1-2H3/t12-/m0/s1. The van der Waals surface area contributed by atoms with Gasteiger partial charge in [0.2, 0.25) is 0 Å². The Balaban J connectivity index is 1.99. The fraction of sp³-hybridized carbons (Fsp3) is 0.471. The number of carbonyl (C=O) groups excluding carboxylic acids is 1. The van der Waals surface area contributed by atoms with E-state index in [9.17, 15) is 9.90 Å². The molecule has 1 aliphatic rings. The molecule has 6 heteroatoms. The van der Waals surface area contributed by atoms with Crippen LogP contribution in [0.5, 0.6) is 0 Å². The molecule has 3 heterocycles. The molecule has 0 saturated carbocycles. The van der Waals surface area contributed by atoms with E-state index in [1.807, 2.05) is 11.0 Å². The Kier molecular flexibility index (Phi) is 4.43. The SMILES string of the molecule is CC1CCN(C(=O)c2c(-c3cccnc3)noc2[C@H](C)O)CC1. The molecule has 0 radical (unpaired) electrons. The van der Waals surface area contributed by atoms with Crippen molar-refractivity contribution in [3.05, 3.63) is 35.9 Å². The highest BCUT2D eigenvalue weighted by Crippen LogP contribution is 2.31. The second kappa shape index (κ2) is 6.50. The number of pyridine rings is 1. The maximum Gasteiger partial charge on any atom is 0.259 e. The lowest BCUT2D eigenvalue weighted by atomic mass is 9.97. The second-order valence-electron chi connectivity index (χ2n) is 6.16. The molecule has 23 heavy (non-hydrogen) atoms. The average Bonchev–Trinajstić information content (AvgIpc) is 3.01. The molecule has 3 rings (SSSR count). The molecule has 1 amide bonds. The summed E-state index contributed by atoms with van der Waals surface area (Å²) in [7, 11) is 0. The van der Waals surface area contributed by atoms with Crippen molar-refractivity contribution in [3.8, 4) is 11.3 Å². The van der Waals surface area contributed by atoms with Crippen molar-refractivity contribution in [2.24, 2.45) is 5.92 Å². The number of amides is 1. The van der Waals surface area contributed by atoms with E-state index in [4.69, 9.17) is 4.52 Å². The predicted molar refractivity (Wildman–Crippen MR) is 84.7 cm³/mol. The van der Waals surface area contributed by atoms with Gasteiger partial charge in [0.25, 0.3) is 5.91 Å². The molecule has 122 valence electrons. The van der Waals surface area contributed by atoms with Gasteiger partial charge in [-0.25, -0.2) is 0 Å². The summed E-state index contributed by atoms with van der Waals surface area (Å²) in [6.07, 6.45) is 4.38. The van der Waals surface area contributed by atoms with Crippen LogP contribution in [0.4, 0.5) is 0 Å². The summed E-state index contributed by atoms with van der Waals surface area (Å²) in [5.74, 6) is 0.718. The molecule has 2 aromatic rings. The van der Waals surface area contributed by atoms with Gasteiger partial charge in [0.1, 0.15) is 17.4 Å². The van der Waals surface area contributed by atoms with Crippen LogP contribution >= 0.6 is 0 Å². The molecule has 0 bridgehead atoms. The minimum absolute atomic E-state index is 0.132. The highest BCUT2D eigenvalue weighted by atomic mass is 16.5. The summed E-state index contributed by atoms with van der Waals surface area (Å²) in [5, 5.41) is 13.9. The first kappa shape index (κ1) is 15.7. The van der Waals surface area contributed by atoms with Crippen LogP contribution < -0.4 is 0 Å². The predicted octanol–water partition coefficient (Wildman–Crippen LogP) is 2.66. The lowest BCUT2D eigenvalue weighted by molar-refractivity contribution is 0.0686. The van der Waals surface area contributed by atoms with E-state index in [2.05, 4.69) is 17.1 Å². The summed E-state index contributed by atoms with van der Waals surface area (Å²) >= 11 is 0. The van der Waals surface area contributed by atoms with Crippen LogP contribution in [0.1, 0.15) is 48.9 Å². The fourth-order valence-corrected chi connectivity index (χ4v) is 2.86. The number of nitrogens with zero attached hydrogens (tertiary/aromatic N) is 3. The molecule has 2 aromatic heterocycles. The van der Waals surface area contributed by atoms with Gasteiger partial charge < -0.3 is 14.5 Å². The van der Waals surface area contributed by atoms with E-state index in [1.165, 1.54) is 0 Å². The maximum absolute atomic E-state index is 13.0. The van der Waals surface area contributed by atoms with Gasteiger partial charge in [0, 0.05) is 31.0 Å². The number of rotatable bonds is 3. The lowest BCUT2D eigenvalue weighted by Gasteiger charge is -2.30. The average molecular weight is 315 g/mol. The zero-order valence-electron chi connectivity index (χ0n) is 13.4. The Morgan fingerprint density at radius 1 is 1.43 bits per heavy atom. The highest BCUT2D eigenvalue weighted by Gasteiger charge is 2.31. The van der Waals surface area contributed by atoms with Crippen LogP contribution in [-0.4, -0.2) is 39.1 Å². The van der Waals surface area contributed by atoms with E-state index in [1.54, 1.807) is 25.4 Å². The smallest absolute Gasteiger partial charge is 0.259 e. The number of likely N-dealkylation sites (tertiary alicyclic amines) is 1. The molecule has 0 aliphatic carbocycles. The van der Waals surface area contributed by atoms with E-state index in [0.717, 1.165) is 25.9 Å². The number of aliphatic hydroxyl groups excluding tert-OH is 1. The molecule has 1 atom stereocenters. The highest BCUT2D eigenvalue weighted by molar-refractivity contribution is 6.01. The van der Waals surface area contributed by atoms with Crippen molar-refractivity contribution >= 4 is 5.91 Å². The minimum atomic E-state index is -0.893. The van der Waals surface area contributed by atoms with Gasteiger partial charge in [-0.2, -0.15) is 0 Å². The van der Waals surface area contributed by atoms with Crippen LogP contribution in [0.2, 0.25) is 0 Å². The lowest BCUT2D eigenvalue weighted by Crippen LogP contribution is -2.38. The zero-order valence-corrected chi connectivity index (χ0v) is 13.4. The van der Waals surface area contributed by atoms with E-state index in [0.29, 0.717) is 22.7 Å². The molecule has 0 unspecified atom stereocenters. The largest absolute Gasteiger partial charge is 0.385 e. The van der Waals surface area contributed by atoms with Gasteiger partial charge in [-0.1, -0.05) is 12.1 Å². The number of carbonyl (C=O) groups is 1. The van der Waals surface area contributed by atoms with E-state index >= 15 is 0 Å². The molecule has 6 nitrogen and oxygen atoms in total. The molecule has 1 saturated heterocycles. The summed E-state index contributed by atoms with van der Waals surface area (Å²) in [5.41, 5.74) is 1.50. The third kappa shape index (κ3) is 3.12. The minimum Gasteiger partial charge on any atom is -0.385 e. The van der Waals surface area contributed by atoms with E-state index < -0.39 is 6.10 Å². The molecule has 0 spiro atoms. The van der Waals surface area contributed by atoms with Crippen LogP contribution in [0.3, 0.4) is 0 Å². The Labute approximate surface area is 135 Å². The quantitative estimate of drug-likeness (QED) is 0.942. The first-order valence-corrected chi connectivity index (χ1v) is 7.95. The first-order valence-electron chi connectivity index (χ1n) is 7.95. The molecular formula is C17H21N3O3. The summed E-state index contributed by atoms with van der Waals surface area (Å²) in [4.78, 5) is 18.9. The van der Waals surface area contributed by atoms with Crippen molar-refractivity contribution in [1.82, 2.24) is 15.0 Å². The maximum atomic E-state index is 13.0. The Morgan fingerprint density at radius 3 is 2.78 bits per heavy atom. The Bertz CT molecular complexity index is 674. The number of aliphatic hydroxyl groups is 1. The number of hydrogen-bond donors (Lipinski definition) is 1. The van der Waals surface area contributed by atoms with Crippen molar-refractivity contribution < 1.29 is 14.4 Å². The fourth-order valence-electron chi connectivity index (χ4n) is 2.86. The second-order valence-corrected chi connectivity index (χ2v) is 6.16. The summed E-state index contributed by atoms with van der Waals surface area (Å²) < 4.78 is 5.27. The summed E-state index contributed by atoms with van der Waals surface area (Å²) in [6.45, 7) is 5.21. The zero-order chi connectivity index (χ0) is 16.4. The van der Waals surface area contributed by atoms with Crippen molar-refractivity contribution in [3.63, 3.8) is 0 Å². The first-order chi connectivity index (χ1) is 11.1. The van der Waals surface area contributed by atoms with Crippen LogP contribution in [-0.2, 0) is 0 Å². The molecule has 1 aliphatic heterocycles. The Hall–Kier alpha value is -2.21. The van der Waals surface area contributed by atoms with E-state index in [-0.39, 0.29) is 11.7 Å². The normalized spacial score (nSPS) is 17.3. The van der Waals surface area contributed by atoms with Gasteiger partial charge >= 0.3 is 0 Å². The van der Waals surface area contributed by atoms with Gasteiger partial charge in [-0.05, 0) is 37.8 Å². The van der Waals surface area contributed by atoms with Gasteiger partial charge in [-0.15, -0.1) is 0 Å². The summed E-state index contributed by atoms with van der Waals surface area (Å²) in [6, 6.07) is 3.61. The molecule has 0 aromatic carbocycles. The van der Waals surface area contributed by atoms with Crippen LogP contribution in [0.15, 0.2) is 29.0 Å². The van der Waals surface area contributed by atoms with Crippen molar-refractivity contribution in [2.45, 2.75) is 32.8 Å². The molecule has 1 N–H and O–H groups in total. The van der Waals surface area contributed by atoms with Gasteiger partial charge in [0.15, 0.2) is 5.76 Å². The molecular weight excluding hydrogens is 294 g/mol.